The van der Waals surface area contributed by atoms with Gasteiger partial charge in [0, 0.05) is 18.7 Å². The Labute approximate surface area is 171 Å². The molecule has 2 atom stereocenters. The van der Waals surface area contributed by atoms with Crippen LogP contribution in [0.2, 0.25) is 0 Å². The van der Waals surface area contributed by atoms with Crippen molar-refractivity contribution in [2.45, 2.75) is 62.2 Å². The molecule has 1 heterocycles. The van der Waals surface area contributed by atoms with Crippen LogP contribution < -0.4 is 5.32 Å². The number of sulfonamides is 1. The van der Waals surface area contributed by atoms with Crippen molar-refractivity contribution in [3.05, 3.63) is 29.8 Å². The van der Waals surface area contributed by atoms with Crippen LogP contribution >= 0.6 is 0 Å². The van der Waals surface area contributed by atoms with Gasteiger partial charge in [0.15, 0.2) is 0 Å². The van der Waals surface area contributed by atoms with E-state index in [1.54, 1.807) is 6.07 Å². The molecule has 3 rings (SSSR count). The molecule has 0 radical (unpaired) electrons. The Morgan fingerprint density at radius 1 is 1.17 bits per heavy atom. The molecule has 29 heavy (non-hydrogen) atoms. The summed E-state index contributed by atoms with van der Waals surface area (Å²) in [5.41, 5.74) is -0.855. The molecule has 2 unspecified atom stereocenters. The molecule has 2 aliphatic rings. The van der Waals surface area contributed by atoms with Crippen molar-refractivity contribution < 1.29 is 27.5 Å². The van der Waals surface area contributed by atoms with Gasteiger partial charge < -0.3 is 14.8 Å². The molecule has 160 valence electrons. The van der Waals surface area contributed by atoms with Gasteiger partial charge in [-0.2, -0.15) is 4.31 Å². The van der Waals surface area contributed by atoms with E-state index in [4.69, 9.17) is 9.47 Å². The summed E-state index contributed by atoms with van der Waals surface area (Å²) in [6.45, 7) is 4.18. The van der Waals surface area contributed by atoms with Crippen LogP contribution in [0.1, 0.15) is 49.9 Å². The smallest absolute Gasteiger partial charge is 0.331 e. The predicted molar refractivity (Wildman–Crippen MR) is 106 cm³/mol. The Morgan fingerprint density at radius 3 is 2.38 bits per heavy atom. The highest BCUT2D eigenvalue weighted by atomic mass is 32.2. The van der Waals surface area contributed by atoms with Gasteiger partial charge >= 0.3 is 5.97 Å². The van der Waals surface area contributed by atoms with Crippen LogP contribution in [-0.2, 0) is 24.3 Å². The SMILES string of the molecule is COC(=O)C1(NC(=O)c2cccc(S(=O)(=O)N3CC(C)OC(C)C3)c2)CCCC1. The number of carbonyl (C=O) groups excluding carboxylic acids is 2. The molecule has 1 amide bonds. The van der Waals surface area contributed by atoms with Crippen molar-refractivity contribution in [2.75, 3.05) is 20.2 Å². The summed E-state index contributed by atoms with van der Waals surface area (Å²) in [7, 11) is -2.47. The standard InChI is InChI=1S/C20H28N2O6S/c1-14-12-22(13-15(2)28-14)29(25,26)17-8-6-7-16(11-17)18(23)21-20(19(24)27-3)9-4-5-10-20/h6-8,11,14-15H,4-5,9-10,12-13H2,1-3H3,(H,21,23). The second-order valence-corrected chi connectivity index (χ2v) is 9.78. The van der Waals surface area contributed by atoms with Crippen LogP contribution in [0, 0.1) is 0 Å². The molecule has 1 saturated heterocycles. The lowest BCUT2D eigenvalue weighted by Gasteiger charge is -2.34. The maximum absolute atomic E-state index is 13.1. The van der Waals surface area contributed by atoms with Crippen LogP contribution in [-0.4, -0.2) is 62.5 Å². The maximum atomic E-state index is 13.1. The lowest BCUT2D eigenvalue weighted by Crippen LogP contribution is -2.53. The minimum atomic E-state index is -3.77. The highest BCUT2D eigenvalue weighted by molar-refractivity contribution is 7.89. The summed E-state index contributed by atoms with van der Waals surface area (Å²) in [5.74, 6) is -0.957. The van der Waals surface area contributed by atoms with Crippen LogP contribution in [0.5, 0.6) is 0 Å². The zero-order valence-electron chi connectivity index (χ0n) is 17.0. The normalized spacial score (nSPS) is 24.8. The molecule has 0 aromatic heterocycles. The first kappa shape index (κ1) is 21.7. The Morgan fingerprint density at radius 2 is 1.79 bits per heavy atom. The number of nitrogens with zero attached hydrogens (tertiary/aromatic N) is 1. The average molecular weight is 425 g/mol. The van der Waals surface area contributed by atoms with E-state index in [9.17, 15) is 18.0 Å². The van der Waals surface area contributed by atoms with E-state index in [2.05, 4.69) is 5.32 Å². The summed E-state index contributed by atoms with van der Waals surface area (Å²) in [4.78, 5) is 25.1. The maximum Gasteiger partial charge on any atom is 0.331 e. The molecule has 1 aliphatic heterocycles. The number of amides is 1. The fraction of sp³-hybridized carbons (Fsp3) is 0.600. The molecule has 1 aliphatic carbocycles. The summed E-state index contributed by atoms with van der Waals surface area (Å²) >= 11 is 0. The molecular formula is C20H28N2O6S. The van der Waals surface area contributed by atoms with Crippen LogP contribution in [0.25, 0.3) is 0 Å². The minimum absolute atomic E-state index is 0.0463. The predicted octanol–water partition coefficient (Wildman–Crippen LogP) is 1.70. The zero-order valence-corrected chi connectivity index (χ0v) is 17.8. The fourth-order valence-electron chi connectivity index (χ4n) is 4.12. The number of hydrogen-bond donors (Lipinski definition) is 1. The number of morpholine rings is 1. The number of carbonyl (C=O) groups is 2. The third kappa shape index (κ3) is 4.46. The summed E-state index contributed by atoms with van der Waals surface area (Å²) in [6.07, 6.45) is 2.23. The zero-order chi connectivity index (χ0) is 21.2. The topological polar surface area (TPSA) is 102 Å². The van der Waals surface area contributed by atoms with Gasteiger partial charge in [0.25, 0.3) is 5.91 Å². The van der Waals surface area contributed by atoms with Crippen LogP contribution in [0.15, 0.2) is 29.2 Å². The van der Waals surface area contributed by atoms with Crippen LogP contribution in [0.3, 0.4) is 0 Å². The van der Waals surface area contributed by atoms with E-state index in [1.165, 1.54) is 29.6 Å². The van der Waals surface area contributed by atoms with Crippen molar-refractivity contribution in [1.82, 2.24) is 9.62 Å². The first-order valence-corrected chi connectivity index (χ1v) is 11.3. The van der Waals surface area contributed by atoms with Gasteiger partial charge in [-0.15, -0.1) is 0 Å². The van der Waals surface area contributed by atoms with Gasteiger partial charge in [0.05, 0.1) is 24.2 Å². The van der Waals surface area contributed by atoms with Crippen molar-refractivity contribution in [3.63, 3.8) is 0 Å². The molecule has 8 nitrogen and oxygen atoms in total. The number of esters is 1. The molecule has 1 aromatic rings. The Bertz CT molecular complexity index is 869. The second kappa shape index (κ2) is 8.41. The van der Waals surface area contributed by atoms with E-state index in [0.717, 1.165) is 12.8 Å². The third-order valence-corrected chi connectivity index (χ3v) is 7.33. The largest absolute Gasteiger partial charge is 0.467 e. The number of hydrogen-bond acceptors (Lipinski definition) is 6. The lowest BCUT2D eigenvalue weighted by atomic mass is 9.97. The monoisotopic (exact) mass is 424 g/mol. The molecule has 1 saturated carbocycles. The van der Waals surface area contributed by atoms with Crippen molar-refractivity contribution in [1.29, 1.82) is 0 Å². The fourth-order valence-corrected chi connectivity index (χ4v) is 5.75. The first-order valence-electron chi connectivity index (χ1n) is 9.84. The second-order valence-electron chi connectivity index (χ2n) is 7.84. The number of ether oxygens (including phenoxy) is 2. The third-order valence-electron chi connectivity index (χ3n) is 5.51. The van der Waals surface area contributed by atoms with E-state index in [1.807, 2.05) is 13.8 Å². The van der Waals surface area contributed by atoms with E-state index in [0.29, 0.717) is 12.8 Å². The van der Waals surface area contributed by atoms with E-state index < -0.39 is 27.4 Å². The summed E-state index contributed by atoms with van der Waals surface area (Å²) < 4.78 is 38.0. The quantitative estimate of drug-likeness (QED) is 0.722. The van der Waals surface area contributed by atoms with Gasteiger partial charge in [0.1, 0.15) is 5.54 Å². The number of benzene rings is 1. The van der Waals surface area contributed by atoms with Crippen molar-refractivity contribution >= 4 is 21.9 Å². The van der Waals surface area contributed by atoms with Gasteiger partial charge in [-0.05, 0) is 44.9 Å². The highest BCUT2D eigenvalue weighted by Gasteiger charge is 2.43. The molecule has 0 spiro atoms. The number of methoxy groups -OCH3 is 1. The molecule has 2 fully saturated rings. The Balaban J connectivity index is 1.83. The summed E-state index contributed by atoms with van der Waals surface area (Å²) in [5, 5.41) is 2.79. The van der Waals surface area contributed by atoms with Gasteiger partial charge in [-0.1, -0.05) is 18.9 Å². The molecular weight excluding hydrogens is 396 g/mol. The molecule has 0 bridgehead atoms. The van der Waals surface area contributed by atoms with Gasteiger partial charge in [0.2, 0.25) is 10.0 Å². The van der Waals surface area contributed by atoms with Crippen molar-refractivity contribution in [3.8, 4) is 0 Å². The lowest BCUT2D eigenvalue weighted by molar-refractivity contribution is -0.148. The Hall–Kier alpha value is -1.97. The van der Waals surface area contributed by atoms with E-state index >= 15 is 0 Å². The minimum Gasteiger partial charge on any atom is -0.467 e. The summed E-state index contributed by atoms with van der Waals surface area (Å²) in [6, 6.07) is 5.91. The first-order chi connectivity index (χ1) is 13.7. The van der Waals surface area contributed by atoms with Crippen molar-refractivity contribution in [2.24, 2.45) is 0 Å². The molecule has 1 aromatic carbocycles. The Kier molecular flexibility index (Phi) is 6.30. The average Bonchev–Trinajstić information content (AvgIpc) is 3.16. The molecule has 1 N–H and O–H groups in total. The number of rotatable bonds is 5. The number of nitrogens with one attached hydrogen (secondary N) is 1. The molecule has 9 heteroatoms. The van der Waals surface area contributed by atoms with E-state index in [-0.39, 0.29) is 35.8 Å². The highest BCUT2D eigenvalue weighted by Crippen LogP contribution is 2.31. The van der Waals surface area contributed by atoms with Gasteiger partial charge in [-0.3, -0.25) is 4.79 Å². The van der Waals surface area contributed by atoms with Crippen LogP contribution in [0.4, 0.5) is 0 Å². The van der Waals surface area contributed by atoms with Gasteiger partial charge in [-0.25, -0.2) is 13.2 Å².